The van der Waals surface area contributed by atoms with Crippen molar-refractivity contribution in [3.63, 3.8) is 0 Å². The van der Waals surface area contributed by atoms with Gasteiger partial charge in [-0.25, -0.2) is 0 Å². The van der Waals surface area contributed by atoms with Crippen LogP contribution in [0, 0.1) is 0 Å². The fourth-order valence-electron chi connectivity index (χ4n) is 9.83. The summed E-state index contributed by atoms with van der Waals surface area (Å²) in [5.74, 6) is 0. The fourth-order valence-corrected chi connectivity index (χ4v) is 9.83. The SMILES string of the molecule is CC1(C)c2ccccc2-c2ccc(N(c3ccc(-c4cccc5cccc(-c6ccccc6)c45)c(-c4ccc(-c5ccccc5)cc4)c3)c3ccccc3-c3ccccc3)cc21. The summed E-state index contributed by atoms with van der Waals surface area (Å²) >= 11 is 0. The third kappa shape index (κ3) is 6.42. The molecule has 1 aliphatic rings. The molecule has 1 nitrogen and oxygen atoms in total. The highest BCUT2D eigenvalue weighted by Gasteiger charge is 2.36. The minimum Gasteiger partial charge on any atom is -0.310 e. The molecular weight excluding hydrogens is 747 g/mol. The number of nitrogens with zero attached hydrogens (tertiary/aromatic N) is 1. The highest BCUT2D eigenvalue weighted by Crippen LogP contribution is 2.52. The van der Waals surface area contributed by atoms with Crippen LogP contribution in [0.4, 0.5) is 17.1 Å². The van der Waals surface area contributed by atoms with Crippen molar-refractivity contribution in [1.29, 1.82) is 0 Å². The van der Waals surface area contributed by atoms with Crippen LogP contribution in [0.5, 0.6) is 0 Å². The molecule has 294 valence electrons. The smallest absolute Gasteiger partial charge is 0.0540 e. The molecular formula is C61H45N. The molecule has 0 fully saturated rings. The topological polar surface area (TPSA) is 3.24 Å². The Labute approximate surface area is 364 Å². The maximum Gasteiger partial charge on any atom is 0.0540 e. The maximum atomic E-state index is 2.48. The van der Waals surface area contributed by atoms with Crippen molar-refractivity contribution in [1.82, 2.24) is 0 Å². The second kappa shape index (κ2) is 15.4. The van der Waals surface area contributed by atoms with Gasteiger partial charge in [0.1, 0.15) is 0 Å². The first-order valence-corrected chi connectivity index (χ1v) is 21.6. The monoisotopic (exact) mass is 791 g/mol. The van der Waals surface area contributed by atoms with Crippen molar-refractivity contribution < 1.29 is 0 Å². The van der Waals surface area contributed by atoms with E-state index < -0.39 is 0 Å². The van der Waals surface area contributed by atoms with E-state index in [1.807, 2.05) is 0 Å². The van der Waals surface area contributed by atoms with E-state index in [9.17, 15) is 0 Å². The summed E-state index contributed by atoms with van der Waals surface area (Å²) in [6, 6.07) is 86.7. The molecule has 0 atom stereocenters. The average molecular weight is 792 g/mol. The summed E-state index contributed by atoms with van der Waals surface area (Å²) in [5.41, 5.74) is 20.5. The Morgan fingerprint density at radius 3 is 1.45 bits per heavy atom. The zero-order valence-corrected chi connectivity index (χ0v) is 35.0. The van der Waals surface area contributed by atoms with E-state index in [1.165, 1.54) is 83.1 Å². The number of hydrogen-bond acceptors (Lipinski definition) is 1. The molecule has 0 spiro atoms. The Morgan fingerprint density at radius 2 is 0.758 bits per heavy atom. The van der Waals surface area contributed by atoms with Crippen LogP contribution in [0.25, 0.3) is 77.5 Å². The number of fused-ring (bicyclic) bond motifs is 4. The second-order valence-corrected chi connectivity index (χ2v) is 16.9. The fraction of sp³-hybridized carbons (Fsp3) is 0.0492. The summed E-state index contributed by atoms with van der Waals surface area (Å²) in [5, 5.41) is 2.47. The maximum absolute atomic E-state index is 2.48. The van der Waals surface area contributed by atoms with Crippen LogP contribution in [-0.4, -0.2) is 0 Å². The normalized spacial score (nSPS) is 12.5. The van der Waals surface area contributed by atoms with Gasteiger partial charge in [-0.1, -0.05) is 220 Å². The van der Waals surface area contributed by atoms with Gasteiger partial charge in [0.15, 0.2) is 0 Å². The van der Waals surface area contributed by atoms with Crippen molar-refractivity contribution in [2.75, 3.05) is 4.90 Å². The number of hydrogen-bond donors (Lipinski definition) is 0. The van der Waals surface area contributed by atoms with Crippen LogP contribution >= 0.6 is 0 Å². The molecule has 0 radical (unpaired) electrons. The highest BCUT2D eigenvalue weighted by molar-refractivity contribution is 6.09. The Balaban J connectivity index is 1.16. The van der Waals surface area contributed by atoms with Gasteiger partial charge in [-0.15, -0.1) is 0 Å². The third-order valence-electron chi connectivity index (χ3n) is 12.9. The van der Waals surface area contributed by atoms with Gasteiger partial charge in [-0.05, 0) is 113 Å². The lowest BCUT2D eigenvalue weighted by Gasteiger charge is -2.30. The van der Waals surface area contributed by atoms with E-state index in [2.05, 4.69) is 255 Å². The van der Waals surface area contributed by atoms with Gasteiger partial charge < -0.3 is 4.90 Å². The molecule has 1 aliphatic carbocycles. The Kier molecular flexibility index (Phi) is 9.24. The van der Waals surface area contributed by atoms with Crippen molar-refractivity contribution in [2.24, 2.45) is 0 Å². The highest BCUT2D eigenvalue weighted by atomic mass is 15.1. The summed E-state index contributed by atoms with van der Waals surface area (Å²) in [7, 11) is 0. The molecule has 0 amide bonds. The lowest BCUT2D eigenvalue weighted by atomic mass is 9.82. The van der Waals surface area contributed by atoms with Gasteiger partial charge in [0.2, 0.25) is 0 Å². The minimum atomic E-state index is -0.146. The van der Waals surface area contributed by atoms with Gasteiger partial charge in [-0.2, -0.15) is 0 Å². The third-order valence-corrected chi connectivity index (χ3v) is 12.9. The Hall–Kier alpha value is -7.74. The Bertz CT molecular complexity index is 3230. The van der Waals surface area contributed by atoms with Crippen LogP contribution in [0.2, 0.25) is 0 Å². The van der Waals surface area contributed by atoms with Crippen LogP contribution < -0.4 is 4.90 Å². The van der Waals surface area contributed by atoms with Crippen molar-refractivity contribution in [2.45, 2.75) is 19.3 Å². The Morgan fingerprint density at radius 1 is 0.290 bits per heavy atom. The zero-order chi connectivity index (χ0) is 41.6. The van der Waals surface area contributed by atoms with Crippen LogP contribution in [0.1, 0.15) is 25.0 Å². The zero-order valence-electron chi connectivity index (χ0n) is 35.0. The number of rotatable bonds is 8. The summed E-state index contributed by atoms with van der Waals surface area (Å²) < 4.78 is 0. The molecule has 0 saturated heterocycles. The van der Waals surface area contributed by atoms with E-state index in [4.69, 9.17) is 0 Å². The number of para-hydroxylation sites is 1. The molecule has 0 N–H and O–H groups in total. The lowest BCUT2D eigenvalue weighted by Crippen LogP contribution is -2.17. The summed E-state index contributed by atoms with van der Waals surface area (Å²) in [6.07, 6.45) is 0. The van der Waals surface area contributed by atoms with Crippen molar-refractivity contribution in [3.8, 4) is 66.8 Å². The number of anilines is 3. The molecule has 0 saturated carbocycles. The standard InChI is InChI=1S/C61H45N/c1-61(2)57-30-14-12-27-53(57)54-39-37-49(41-58(54)61)62(59-31-15-13-26-50(59)44-20-8-4-9-21-44)48-36-38-52(56(40-48)46-34-32-43(33-35-46)42-18-6-3-7-19-42)55-29-17-25-47-24-16-28-51(60(47)55)45-22-10-5-11-23-45/h3-41H,1-2H3. The quantitative estimate of drug-likeness (QED) is 0.148. The van der Waals surface area contributed by atoms with Crippen molar-refractivity contribution >= 4 is 27.8 Å². The summed E-state index contributed by atoms with van der Waals surface area (Å²) in [4.78, 5) is 2.48. The average Bonchev–Trinajstić information content (AvgIpc) is 3.57. The van der Waals surface area contributed by atoms with Gasteiger partial charge in [0, 0.05) is 22.4 Å². The molecule has 11 rings (SSSR count). The van der Waals surface area contributed by atoms with Gasteiger partial charge >= 0.3 is 0 Å². The van der Waals surface area contributed by atoms with Gasteiger partial charge in [-0.3, -0.25) is 0 Å². The molecule has 0 bridgehead atoms. The van der Waals surface area contributed by atoms with E-state index in [-0.39, 0.29) is 5.41 Å². The van der Waals surface area contributed by atoms with Gasteiger partial charge in [0.25, 0.3) is 0 Å². The predicted molar refractivity (Wildman–Crippen MR) is 263 cm³/mol. The van der Waals surface area contributed by atoms with Crippen LogP contribution in [0.3, 0.4) is 0 Å². The lowest BCUT2D eigenvalue weighted by molar-refractivity contribution is 0.660. The van der Waals surface area contributed by atoms with E-state index in [0.717, 1.165) is 22.6 Å². The molecule has 10 aromatic rings. The molecule has 0 aliphatic heterocycles. The molecule has 0 heterocycles. The van der Waals surface area contributed by atoms with Crippen LogP contribution in [-0.2, 0) is 5.41 Å². The van der Waals surface area contributed by atoms with Crippen molar-refractivity contribution in [3.05, 3.63) is 248 Å². The molecule has 62 heavy (non-hydrogen) atoms. The first kappa shape index (κ1) is 37.3. The molecule has 0 aromatic heterocycles. The number of benzene rings is 10. The first-order valence-electron chi connectivity index (χ1n) is 21.6. The van der Waals surface area contributed by atoms with E-state index >= 15 is 0 Å². The van der Waals surface area contributed by atoms with E-state index in [0.29, 0.717) is 0 Å². The summed E-state index contributed by atoms with van der Waals surface area (Å²) in [6.45, 7) is 4.73. The minimum absolute atomic E-state index is 0.146. The second-order valence-electron chi connectivity index (χ2n) is 16.9. The predicted octanol–water partition coefficient (Wildman–Crippen LogP) is 17.0. The largest absolute Gasteiger partial charge is 0.310 e. The molecule has 0 unspecified atom stereocenters. The first-order chi connectivity index (χ1) is 30.5. The van der Waals surface area contributed by atoms with E-state index in [1.54, 1.807) is 0 Å². The molecule has 1 heteroatoms. The van der Waals surface area contributed by atoms with Crippen LogP contribution in [0.15, 0.2) is 237 Å². The van der Waals surface area contributed by atoms with Gasteiger partial charge in [0.05, 0.1) is 5.69 Å². The molecule has 10 aromatic carbocycles.